The lowest BCUT2D eigenvalue weighted by Gasteiger charge is -2.13. The van der Waals surface area contributed by atoms with Gasteiger partial charge in [-0.15, -0.1) is 0 Å². The number of rotatable bonds is 4. The van der Waals surface area contributed by atoms with Crippen LogP contribution in [0.2, 0.25) is 0 Å². The van der Waals surface area contributed by atoms with Crippen LogP contribution < -0.4 is 10.5 Å². The molecule has 2 rings (SSSR count). The average molecular weight is 247 g/mol. The maximum atomic E-state index is 13.0. The van der Waals surface area contributed by atoms with E-state index in [4.69, 9.17) is 15.6 Å². The number of benzene rings is 2. The van der Waals surface area contributed by atoms with Crippen molar-refractivity contribution in [3.05, 3.63) is 59.9 Å². The maximum Gasteiger partial charge on any atom is 0.123 e. The van der Waals surface area contributed by atoms with E-state index in [9.17, 15) is 4.39 Å². The Kier molecular flexibility index (Phi) is 3.79. The highest BCUT2D eigenvalue weighted by Gasteiger charge is 2.07. The molecule has 2 aromatic rings. The number of ether oxygens (including phenoxy) is 1. The zero-order chi connectivity index (χ0) is 13.0. The van der Waals surface area contributed by atoms with E-state index in [1.54, 1.807) is 24.3 Å². The minimum atomic E-state index is -0.394. The fourth-order valence-corrected chi connectivity index (χ4v) is 1.56. The molecule has 94 valence electrons. The van der Waals surface area contributed by atoms with E-state index in [0.717, 1.165) is 0 Å². The Hall–Kier alpha value is -2.07. The predicted molar refractivity (Wildman–Crippen MR) is 66.9 cm³/mol. The summed E-state index contributed by atoms with van der Waals surface area (Å²) in [5.74, 6) is 0.476. The molecule has 2 aromatic carbocycles. The van der Waals surface area contributed by atoms with E-state index in [1.165, 1.54) is 24.3 Å². The van der Waals surface area contributed by atoms with Crippen molar-refractivity contribution in [3.8, 4) is 11.5 Å². The summed E-state index contributed by atoms with van der Waals surface area (Å²) in [7, 11) is 0. The first-order valence-electron chi connectivity index (χ1n) is 5.58. The molecule has 0 saturated carbocycles. The van der Waals surface area contributed by atoms with E-state index in [2.05, 4.69) is 0 Å². The van der Waals surface area contributed by atoms with Crippen LogP contribution in [0.1, 0.15) is 11.6 Å². The number of nitrogens with two attached hydrogens (primary N) is 1. The SMILES string of the molecule is NC(COc1ccc(O)cc1)c1cccc(F)c1. The van der Waals surface area contributed by atoms with Crippen molar-refractivity contribution in [1.82, 2.24) is 0 Å². The Labute approximate surface area is 105 Å². The summed E-state index contributed by atoms with van der Waals surface area (Å²) in [5.41, 5.74) is 6.59. The van der Waals surface area contributed by atoms with Gasteiger partial charge in [-0.3, -0.25) is 0 Å². The standard InChI is InChI=1S/C14H14FNO2/c15-11-3-1-2-10(8-11)14(16)9-18-13-6-4-12(17)5-7-13/h1-8,14,17H,9,16H2. The summed E-state index contributed by atoms with van der Waals surface area (Å²) in [4.78, 5) is 0. The normalized spacial score (nSPS) is 12.1. The molecular formula is C14H14FNO2. The molecular weight excluding hydrogens is 233 g/mol. The van der Waals surface area contributed by atoms with Crippen molar-refractivity contribution in [1.29, 1.82) is 0 Å². The molecule has 3 N–H and O–H groups in total. The molecule has 0 aliphatic heterocycles. The van der Waals surface area contributed by atoms with E-state index < -0.39 is 6.04 Å². The summed E-state index contributed by atoms with van der Waals surface area (Å²) in [6, 6.07) is 12.1. The van der Waals surface area contributed by atoms with Gasteiger partial charge in [0.2, 0.25) is 0 Å². The summed E-state index contributed by atoms with van der Waals surface area (Å²) in [6.45, 7) is 0.244. The third-order valence-corrected chi connectivity index (χ3v) is 2.54. The minimum Gasteiger partial charge on any atom is -0.508 e. The Morgan fingerprint density at radius 3 is 2.56 bits per heavy atom. The first-order valence-corrected chi connectivity index (χ1v) is 5.58. The van der Waals surface area contributed by atoms with Gasteiger partial charge in [-0.05, 0) is 42.0 Å². The van der Waals surface area contributed by atoms with E-state index in [-0.39, 0.29) is 18.2 Å². The minimum absolute atomic E-state index is 0.178. The van der Waals surface area contributed by atoms with Gasteiger partial charge in [0.1, 0.15) is 23.9 Å². The maximum absolute atomic E-state index is 13.0. The van der Waals surface area contributed by atoms with Gasteiger partial charge in [0, 0.05) is 0 Å². The molecule has 3 nitrogen and oxygen atoms in total. The van der Waals surface area contributed by atoms with Gasteiger partial charge in [0.05, 0.1) is 6.04 Å². The van der Waals surface area contributed by atoms with Crippen LogP contribution in [0.25, 0.3) is 0 Å². The number of halogens is 1. The van der Waals surface area contributed by atoms with Crippen LogP contribution in [0.5, 0.6) is 11.5 Å². The Morgan fingerprint density at radius 2 is 1.89 bits per heavy atom. The number of phenolic OH excluding ortho intramolecular Hbond substituents is 1. The molecule has 0 bridgehead atoms. The van der Waals surface area contributed by atoms with Crippen LogP contribution in [0, 0.1) is 5.82 Å². The second kappa shape index (κ2) is 5.51. The number of phenols is 1. The molecule has 0 spiro atoms. The van der Waals surface area contributed by atoms with Crippen LogP contribution in [-0.4, -0.2) is 11.7 Å². The van der Waals surface area contributed by atoms with Crippen LogP contribution in [0.3, 0.4) is 0 Å². The third kappa shape index (κ3) is 3.21. The lowest BCUT2D eigenvalue weighted by atomic mass is 10.1. The molecule has 0 radical (unpaired) electrons. The Balaban J connectivity index is 1.96. The number of aromatic hydroxyl groups is 1. The van der Waals surface area contributed by atoms with Crippen molar-refractivity contribution in [3.63, 3.8) is 0 Å². The Bertz CT molecular complexity index is 513. The van der Waals surface area contributed by atoms with Gasteiger partial charge >= 0.3 is 0 Å². The van der Waals surface area contributed by atoms with Crippen molar-refractivity contribution >= 4 is 0 Å². The highest BCUT2D eigenvalue weighted by molar-refractivity contribution is 5.30. The molecule has 0 amide bonds. The molecule has 0 aromatic heterocycles. The predicted octanol–water partition coefficient (Wildman–Crippen LogP) is 2.61. The van der Waals surface area contributed by atoms with Crippen molar-refractivity contribution in [2.75, 3.05) is 6.61 Å². The zero-order valence-electron chi connectivity index (χ0n) is 9.71. The van der Waals surface area contributed by atoms with Crippen LogP contribution in [0.15, 0.2) is 48.5 Å². The van der Waals surface area contributed by atoms with Gasteiger partial charge in [-0.25, -0.2) is 4.39 Å². The fraction of sp³-hybridized carbons (Fsp3) is 0.143. The molecule has 4 heteroatoms. The summed E-state index contributed by atoms with van der Waals surface area (Å²) < 4.78 is 18.5. The molecule has 0 aliphatic rings. The summed E-state index contributed by atoms with van der Waals surface area (Å²) >= 11 is 0. The molecule has 0 aliphatic carbocycles. The quantitative estimate of drug-likeness (QED) is 0.873. The monoisotopic (exact) mass is 247 g/mol. The van der Waals surface area contributed by atoms with Gasteiger partial charge in [-0.2, -0.15) is 0 Å². The molecule has 0 saturated heterocycles. The van der Waals surface area contributed by atoms with Gasteiger partial charge in [-0.1, -0.05) is 12.1 Å². The molecule has 0 fully saturated rings. The largest absolute Gasteiger partial charge is 0.508 e. The van der Waals surface area contributed by atoms with Gasteiger partial charge in [0.15, 0.2) is 0 Å². The van der Waals surface area contributed by atoms with Crippen molar-refractivity contribution in [2.45, 2.75) is 6.04 Å². The highest BCUT2D eigenvalue weighted by Crippen LogP contribution is 2.18. The second-order valence-electron chi connectivity index (χ2n) is 3.97. The topological polar surface area (TPSA) is 55.5 Å². The number of hydrogen-bond acceptors (Lipinski definition) is 3. The van der Waals surface area contributed by atoms with E-state index in [0.29, 0.717) is 11.3 Å². The van der Waals surface area contributed by atoms with Crippen molar-refractivity contribution in [2.24, 2.45) is 5.73 Å². The fourth-order valence-electron chi connectivity index (χ4n) is 1.56. The second-order valence-corrected chi connectivity index (χ2v) is 3.97. The summed E-state index contributed by atoms with van der Waals surface area (Å²) in [6.07, 6.45) is 0. The zero-order valence-corrected chi connectivity index (χ0v) is 9.71. The highest BCUT2D eigenvalue weighted by atomic mass is 19.1. The van der Waals surface area contributed by atoms with Gasteiger partial charge in [0.25, 0.3) is 0 Å². The first-order chi connectivity index (χ1) is 8.65. The molecule has 1 unspecified atom stereocenters. The van der Waals surface area contributed by atoms with E-state index in [1.807, 2.05) is 0 Å². The average Bonchev–Trinajstić information content (AvgIpc) is 2.38. The third-order valence-electron chi connectivity index (χ3n) is 2.54. The van der Waals surface area contributed by atoms with Crippen LogP contribution in [0.4, 0.5) is 4.39 Å². The smallest absolute Gasteiger partial charge is 0.123 e. The van der Waals surface area contributed by atoms with Crippen LogP contribution >= 0.6 is 0 Å². The van der Waals surface area contributed by atoms with Gasteiger partial charge < -0.3 is 15.6 Å². The first kappa shape index (κ1) is 12.4. The number of hydrogen-bond donors (Lipinski definition) is 2. The molecule has 1 atom stereocenters. The lowest BCUT2D eigenvalue weighted by molar-refractivity contribution is 0.290. The van der Waals surface area contributed by atoms with Crippen LogP contribution in [-0.2, 0) is 0 Å². The summed E-state index contributed by atoms with van der Waals surface area (Å²) in [5, 5.41) is 9.12. The molecule has 0 heterocycles. The van der Waals surface area contributed by atoms with Crippen molar-refractivity contribution < 1.29 is 14.2 Å². The Morgan fingerprint density at radius 1 is 1.17 bits per heavy atom. The molecule has 18 heavy (non-hydrogen) atoms. The lowest BCUT2D eigenvalue weighted by Crippen LogP contribution is -2.19. The van der Waals surface area contributed by atoms with E-state index >= 15 is 0 Å².